The zero-order valence-corrected chi connectivity index (χ0v) is 26.9. The zero-order valence-electron chi connectivity index (χ0n) is 25.4. The summed E-state index contributed by atoms with van der Waals surface area (Å²) in [6, 6.07) is 26.7. The number of nitrogens with one attached hydrogen (secondary N) is 1. The standard InChI is InChI=1S/C36H31Cl2F3N2O5/c37-27-13-18-30(31(38)22-27)32-35(19-4-8-24-6-2-1-3-7-24,34(45)42-23-25-9-14-29(15-10-25)48-36(39,40)41)43-33(47-32)26-11-16-28(17-12-26)46-21-5-20-44/h1-4,6-18,22,32,44H,5,19-21,23H2,(H,42,45)/b8-4+/t32-,35-/m1/s1. The quantitative estimate of drug-likeness (QED) is 0.137. The van der Waals surface area contributed by atoms with Gasteiger partial charge in [-0.25, -0.2) is 4.99 Å². The normalized spacial score (nSPS) is 17.5. The number of carbonyl (C=O) groups excluding carboxylic acids is 1. The molecule has 5 rings (SSSR count). The molecule has 0 bridgehead atoms. The number of ether oxygens (including phenoxy) is 3. The van der Waals surface area contributed by atoms with E-state index in [1.807, 2.05) is 42.5 Å². The summed E-state index contributed by atoms with van der Waals surface area (Å²) in [5.74, 6) is -0.0824. The second kappa shape index (κ2) is 15.6. The molecule has 48 heavy (non-hydrogen) atoms. The van der Waals surface area contributed by atoms with Crippen molar-refractivity contribution in [2.24, 2.45) is 4.99 Å². The van der Waals surface area contributed by atoms with Crippen molar-refractivity contribution in [2.45, 2.75) is 37.4 Å². The van der Waals surface area contributed by atoms with Crippen LogP contribution in [-0.4, -0.2) is 42.0 Å². The highest BCUT2D eigenvalue weighted by atomic mass is 35.5. The molecule has 7 nitrogen and oxygen atoms in total. The molecule has 0 aliphatic carbocycles. The van der Waals surface area contributed by atoms with Crippen LogP contribution in [0.4, 0.5) is 13.2 Å². The zero-order chi connectivity index (χ0) is 34.1. The van der Waals surface area contributed by atoms with Crippen LogP contribution in [0.3, 0.4) is 0 Å². The fraction of sp³-hybridized carbons (Fsp3) is 0.222. The van der Waals surface area contributed by atoms with Crippen molar-refractivity contribution in [1.82, 2.24) is 5.32 Å². The highest BCUT2D eigenvalue weighted by Crippen LogP contribution is 2.45. The van der Waals surface area contributed by atoms with Crippen molar-refractivity contribution in [2.75, 3.05) is 13.2 Å². The van der Waals surface area contributed by atoms with Gasteiger partial charge in [-0.3, -0.25) is 4.79 Å². The Morgan fingerprint density at radius 1 is 0.979 bits per heavy atom. The van der Waals surface area contributed by atoms with Crippen LogP contribution < -0.4 is 14.8 Å². The highest BCUT2D eigenvalue weighted by molar-refractivity contribution is 6.35. The average Bonchev–Trinajstić information content (AvgIpc) is 3.45. The van der Waals surface area contributed by atoms with Gasteiger partial charge in [-0.05, 0) is 59.7 Å². The summed E-state index contributed by atoms with van der Waals surface area (Å²) in [5, 5.41) is 12.6. The van der Waals surface area contributed by atoms with Crippen LogP contribution in [0.1, 0.15) is 41.2 Å². The van der Waals surface area contributed by atoms with E-state index in [1.54, 1.807) is 42.5 Å². The van der Waals surface area contributed by atoms with E-state index in [0.717, 1.165) is 5.56 Å². The predicted octanol–water partition coefficient (Wildman–Crippen LogP) is 8.33. The average molecular weight is 700 g/mol. The molecule has 0 fully saturated rings. The molecule has 1 amide bonds. The summed E-state index contributed by atoms with van der Waals surface area (Å²) in [6.45, 7) is 0.346. The Labute approximate surface area is 285 Å². The lowest BCUT2D eigenvalue weighted by atomic mass is 9.84. The van der Waals surface area contributed by atoms with Crippen LogP contribution in [0.15, 0.2) is 108 Å². The summed E-state index contributed by atoms with van der Waals surface area (Å²) in [5.41, 5.74) is 0.958. The molecule has 0 aromatic heterocycles. The summed E-state index contributed by atoms with van der Waals surface area (Å²) in [6.07, 6.45) is -1.51. The van der Waals surface area contributed by atoms with Gasteiger partial charge in [0, 0.05) is 47.2 Å². The molecule has 0 saturated heterocycles. The van der Waals surface area contributed by atoms with Gasteiger partial charge < -0.3 is 24.6 Å². The van der Waals surface area contributed by atoms with Crippen LogP contribution >= 0.6 is 23.2 Å². The molecule has 0 radical (unpaired) electrons. The second-order valence-electron chi connectivity index (χ2n) is 10.8. The van der Waals surface area contributed by atoms with Crippen molar-refractivity contribution in [1.29, 1.82) is 0 Å². The van der Waals surface area contributed by atoms with Crippen molar-refractivity contribution < 1.29 is 37.3 Å². The number of hydrogen-bond acceptors (Lipinski definition) is 6. The molecule has 1 aliphatic heterocycles. The number of aliphatic hydroxyl groups excluding tert-OH is 1. The fourth-order valence-corrected chi connectivity index (χ4v) is 5.60. The number of aliphatic hydroxyl groups is 1. The molecule has 12 heteroatoms. The van der Waals surface area contributed by atoms with E-state index in [-0.39, 0.29) is 36.2 Å². The molecule has 0 unspecified atom stereocenters. The van der Waals surface area contributed by atoms with Crippen LogP contribution in [-0.2, 0) is 16.1 Å². The van der Waals surface area contributed by atoms with Gasteiger partial charge in [0.1, 0.15) is 11.5 Å². The maximum atomic E-state index is 14.4. The molecule has 0 saturated carbocycles. The Bertz CT molecular complexity index is 1750. The van der Waals surface area contributed by atoms with E-state index in [0.29, 0.717) is 40.5 Å². The Morgan fingerprint density at radius 3 is 2.35 bits per heavy atom. The van der Waals surface area contributed by atoms with Crippen LogP contribution in [0.2, 0.25) is 10.0 Å². The Hall–Kier alpha value is -4.51. The van der Waals surface area contributed by atoms with Gasteiger partial charge in [0.15, 0.2) is 11.6 Å². The molecule has 2 atom stereocenters. The van der Waals surface area contributed by atoms with E-state index >= 15 is 0 Å². The molecule has 250 valence electrons. The van der Waals surface area contributed by atoms with E-state index in [9.17, 15) is 18.0 Å². The van der Waals surface area contributed by atoms with Gasteiger partial charge in [-0.15, -0.1) is 13.2 Å². The molecule has 2 N–H and O–H groups in total. The third-order valence-corrected chi connectivity index (χ3v) is 7.99. The van der Waals surface area contributed by atoms with Gasteiger partial charge in [0.2, 0.25) is 5.90 Å². The van der Waals surface area contributed by atoms with Gasteiger partial charge in [-0.1, -0.05) is 83.9 Å². The van der Waals surface area contributed by atoms with E-state index in [2.05, 4.69) is 10.1 Å². The number of carbonyl (C=O) groups is 1. The minimum Gasteiger partial charge on any atom is -0.494 e. The molecule has 4 aromatic rings. The van der Waals surface area contributed by atoms with Crippen molar-refractivity contribution >= 4 is 41.1 Å². The maximum absolute atomic E-state index is 14.4. The minimum atomic E-state index is -4.82. The van der Waals surface area contributed by atoms with E-state index < -0.39 is 23.9 Å². The molecule has 1 heterocycles. The third kappa shape index (κ3) is 8.89. The number of aliphatic imine (C=N–C) groups is 1. The first kappa shape index (κ1) is 34.8. The monoisotopic (exact) mass is 698 g/mol. The summed E-state index contributed by atoms with van der Waals surface area (Å²) >= 11 is 12.9. The van der Waals surface area contributed by atoms with Crippen molar-refractivity contribution in [3.8, 4) is 11.5 Å². The van der Waals surface area contributed by atoms with Gasteiger partial charge in [0.05, 0.1) is 6.61 Å². The number of rotatable bonds is 13. The largest absolute Gasteiger partial charge is 0.573 e. The number of hydrogen-bond donors (Lipinski definition) is 2. The molecule has 0 spiro atoms. The third-order valence-electron chi connectivity index (χ3n) is 7.42. The Balaban J connectivity index is 1.50. The molecule has 4 aromatic carbocycles. The Morgan fingerprint density at radius 2 is 1.69 bits per heavy atom. The first-order chi connectivity index (χ1) is 23.1. The van der Waals surface area contributed by atoms with Crippen molar-refractivity contribution in [3.63, 3.8) is 0 Å². The summed E-state index contributed by atoms with van der Waals surface area (Å²) < 4.78 is 54.0. The molecular formula is C36H31Cl2F3N2O5. The number of amides is 1. The summed E-state index contributed by atoms with van der Waals surface area (Å²) in [7, 11) is 0. The fourth-order valence-electron chi connectivity index (χ4n) is 5.09. The lowest BCUT2D eigenvalue weighted by Gasteiger charge is -2.30. The Kier molecular flexibility index (Phi) is 11.3. The predicted molar refractivity (Wildman–Crippen MR) is 178 cm³/mol. The van der Waals surface area contributed by atoms with E-state index in [1.165, 1.54) is 24.3 Å². The lowest BCUT2D eigenvalue weighted by molar-refractivity contribution is -0.274. The summed E-state index contributed by atoms with van der Waals surface area (Å²) in [4.78, 5) is 19.3. The maximum Gasteiger partial charge on any atom is 0.573 e. The first-order valence-corrected chi connectivity index (χ1v) is 15.7. The SMILES string of the molecule is O=C(NCc1ccc(OC(F)(F)F)cc1)[C@]1(C/C=C/c2ccccc2)N=C(c2ccc(OCCCO)cc2)O[C@@H]1c1ccc(Cl)cc1Cl. The van der Waals surface area contributed by atoms with Gasteiger partial charge in [-0.2, -0.15) is 0 Å². The van der Waals surface area contributed by atoms with Crippen LogP contribution in [0.25, 0.3) is 6.08 Å². The minimum absolute atomic E-state index is 0.0119. The van der Waals surface area contributed by atoms with Crippen LogP contribution in [0, 0.1) is 0 Å². The van der Waals surface area contributed by atoms with E-state index in [4.69, 9.17) is 42.8 Å². The smallest absolute Gasteiger partial charge is 0.494 e. The second-order valence-corrected chi connectivity index (χ2v) is 11.7. The number of alkyl halides is 3. The van der Waals surface area contributed by atoms with Crippen LogP contribution in [0.5, 0.6) is 11.5 Å². The number of halogens is 5. The highest BCUT2D eigenvalue weighted by Gasteiger charge is 2.53. The van der Waals surface area contributed by atoms with Crippen molar-refractivity contribution in [3.05, 3.63) is 135 Å². The molecular weight excluding hydrogens is 668 g/mol. The number of benzene rings is 4. The molecule has 1 aliphatic rings. The topological polar surface area (TPSA) is 89.4 Å². The van der Waals surface area contributed by atoms with Gasteiger partial charge >= 0.3 is 6.36 Å². The number of nitrogens with zero attached hydrogens (tertiary/aromatic N) is 1. The first-order valence-electron chi connectivity index (χ1n) is 15.0. The van der Waals surface area contributed by atoms with Gasteiger partial charge in [0.25, 0.3) is 5.91 Å². The lowest BCUT2D eigenvalue weighted by Crippen LogP contribution is -2.47.